The first-order chi connectivity index (χ1) is 15.5. The molecule has 0 unspecified atom stereocenters. The summed E-state index contributed by atoms with van der Waals surface area (Å²) < 4.78 is 18.6. The molecule has 0 saturated carbocycles. The molecule has 0 spiro atoms. The zero-order chi connectivity index (χ0) is 22.5. The van der Waals surface area contributed by atoms with Gasteiger partial charge in [0.2, 0.25) is 5.91 Å². The smallest absolute Gasteiger partial charge is 0.275 e. The van der Waals surface area contributed by atoms with Crippen molar-refractivity contribution < 1.29 is 23.8 Å². The molecule has 0 radical (unpaired) electrons. The van der Waals surface area contributed by atoms with Gasteiger partial charge >= 0.3 is 0 Å². The zero-order valence-electron chi connectivity index (χ0n) is 17.0. The summed E-state index contributed by atoms with van der Waals surface area (Å²) in [6, 6.07) is 11.9. The van der Waals surface area contributed by atoms with Crippen LogP contribution in [-0.2, 0) is 16.1 Å². The van der Waals surface area contributed by atoms with E-state index in [1.165, 1.54) is 30.7 Å². The van der Waals surface area contributed by atoms with Crippen molar-refractivity contribution in [2.75, 3.05) is 18.5 Å². The molecular weight excluding hydrogens is 415 g/mol. The number of hydrogen-bond acceptors (Lipinski definition) is 6. The number of nitrogens with zero attached hydrogens (tertiary/aromatic N) is 3. The SMILES string of the molecule is O=C(Nc1ccc([C@@H](O)[C@H]2COCC(=O)N2Cc2ccc(F)cc2)cc1)c1cnccn1. The van der Waals surface area contributed by atoms with Gasteiger partial charge in [0.15, 0.2) is 0 Å². The fraction of sp³-hybridized carbons (Fsp3) is 0.217. The molecule has 2 amide bonds. The number of aromatic nitrogens is 2. The molecule has 2 N–H and O–H groups in total. The highest BCUT2D eigenvalue weighted by molar-refractivity contribution is 6.02. The van der Waals surface area contributed by atoms with Crippen molar-refractivity contribution in [1.82, 2.24) is 14.9 Å². The number of carbonyl (C=O) groups is 2. The molecule has 9 heteroatoms. The third-order valence-corrected chi connectivity index (χ3v) is 5.17. The maximum absolute atomic E-state index is 13.2. The monoisotopic (exact) mass is 436 g/mol. The number of aliphatic hydroxyl groups excluding tert-OH is 1. The Morgan fingerprint density at radius 2 is 1.94 bits per heavy atom. The van der Waals surface area contributed by atoms with E-state index < -0.39 is 18.1 Å². The summed E-state index contributed by atoms with van der Waals surface area (Å²) in [6.07, 6.45) is 3.26. The first-order valence-electron chi connectivity index (χ1n) is 9.98. The molecule has 4 rings (SSSR count). The molecule has 1 aromatic heterocycles. The van der Waals surface area contributed by atoms with Crippen molar-refractivity contribution in [3.63, 3.8) is 0 Å². The van der Waals surface area contributed by atoms with Gasteiger partial charge in [-0.2, -0.15) is 0 Å². The Hall–Kier alpha value is -3.69. The van der Waals surface area contributed by atoms with Crippen molar-refractivity contribution >= 4 is 17.5 Å². The fourth-order valence-electron chi connectivity index (χ4n) is 3.48. The molecule has 0 bridgehead atoms. The minimum Gasteiger partial charge on any atom is -0.386 e. The lowest BCUT2D eigenvalue weighted by molar-refractivity contribution is -0.155. The summed E-state index contributed by atoms with van der Waals surface area (Å²) in [5, 5.41) is 13.7. The Balaban J connectivity index is 1.46. The molecule has 2 heterocycles. The van der Waals surface area contributed by atoms with Crippen LogP contribution in [-0.4, -0.2) is 51.0 Å². The van der Waals surface area contributed by atoms with E-state index >= 15 is 0 Å². The Morgan fingerprint density at radius 1 is 1.19 bits per heavy atom. The number of morpholine rings is 1. The van der Waals surface area contributed by atoms with Crippen LogP contribution in [0.4, 0.5) is 10.1 Å². The van der Waals surface area contributed by atoms with Gasteiger partial charge in [-0.05, 0) is 35.4 Å². The highest BCUT2D eigenvalue weighted by Gasteiger charge is 2.34. The number of amides is 2. The fourth-order valence-corrected chi connectivity index (χ4v) is 3.48. The summed E-state index contributed by atoms with van der Waals surface area (Å²) in [5.41, 5.74) is 2.03. The normalized spacial score (nSPS) is 17.1. The first-order valence-corrected chi connectivity index (χ1v) is 9.98. The number of ether oxygens (including phenoxy) is 1. The van der Waals surface area contributed by atoms with Gasteiger partial charge in [0.05, 0.1) is 18.8 Å². The minimum absolute atomic E-state index is 0.0717. The molecule has 32 heavy (non-hydrogen) atoms. The third kappa shape index (κ3) is 4.96. The summed E-state index contributed by atoms with van der Waals surface area (Å²) in [7, 11) is 0. The molecular formula is C23H21FN4O4. The van der Waals surface area contributed by atoms with Crippen molar-refractivity contribution in [1.29, 1.82) is 0 Å². The lowest BCUT2D eigenvalue weighted by Crippen LogP contribution is -2.51. The number of nitrogens with one attached hydrogen (secondary N) is 1. The third-order valence-electron chi connectivity index (χ3n) is 5.17. The number of carbonyl (C=O) groups excluding carboxylic acids is 2. The quantitative estimate of drug-likeness (QED) is 0.615. The van der Waals surface area contributed by atoms with E-state index in [0.29, 0.717) is 11.3 Å². The lowest BCUT2D eigenvalue weighted by Gasteiger charge is -2.38. The maximum Gasteiger partial charge on any atom is 0.275 e. The van der Waals surface area contributed by atoms with Crippen LogP contribution in [0, 0.1) is 5.82 Å². The van der Waals surface area contributed by atoms with Crippen LogP contribution in [0.5, 0.6) is 0 Å². The molecule has 1 aliphatic heterocycles. The molecule has 8 nitrogen and oxygen atoms in total. The van der Waals surface area contributed by atoms with E-state index in [9.17, 15) is 19.1 Å². The van der Waals surface area contributed by atoms with E-state index in [2.05, 4.69) is 15.3 Å². The second-order valence-corrected chi connectivity index (χ2v) is 7.34. The lowest BCUT2D eigenvalue weighted by atomic mass is 9.99. The van der Waals surface area contributed by atoms with Gasteiger partial charge in [-0.1, -0.05) is 24.3 Å². The highest BCUT2D eigenvalue weighted by Crippen LogP contribution is 2.27. The molecule has 3 aromatic rings. The predicted molar refractivity (Wildman–Crippen MR) is 113 cm³/mol. The first kappa shape index (κ1) is 21.5. The summed E-state index contributed by atoms with van der Waals surface area (Å²) in [6.45, 7) is 0.327. The zero-order valence-corrected chi connectivity index (χ0v) is 17.0. The van der Waals surface area contributed by atoms with Crippen LogP contribution >= 0.6 is 0 Å². The van der Waals surface area contributed by atoms with E-state index in [1.807, 2.05) is 0 Å². The molecule has 1 saturated heterocycles. The van der Waals surface area contributed by atoms with Crippen molar-refractivity contribution in [2.45, 2.75) is 18.7 Å². The molecule has 0 aliphatic carbocycles. The van der Waals surface area contributed by atoms with Crippen LogP contribution in [0.1, 0.15) is 27.7 Å². The van der Waals surface area contributed by atoms with Gasteiger partial charge in [0, 0.05) is 24.6 Å². The Bertz CT molecular complexity index is 1080. The average Bonchev–Trinajstić information content (AvgIpc) is 2.82. The van der Waals surface area contributed by atoms with Crippen LogP contribution < -0.4 is 5.32 Å². The largest absolute Gasteiger partial charge is 0.386 e. The minimum atomic E-state index is -1.01. The van der Waals surface area contributed by atoms with Gasteiger partial charge in [0.25, 0.3) is 5.91 Å². The Morgan fingerprint density at radius 3 is 2.62 bits per heavy atom. The van der Waals surface area contributed by atoms with Crippen molar-refractivity contribution in [3.8, 4) is 0 Å². The average molecular weight is 436 g/mol. The van der Waals surface area contributed by atoms with Crippen LogP contribution in [0.25, 0.3) is 0 Å². The van der Waals surface area contributed by atoms with Gasteiger partial charge < -0.3 is 20.1 Å². The van der Waals surface area contributed by atoms with Crippen LogP contribution in [0.3, 0.4) is 0 Å². The van der Waals surface area contributed by atoms with Crippen molar-refractivity contribution in [2.24, 2.45) is 0 Å². The Kier molecular flexibility index (Phi) is 6.48. The number of anilines is 1. The Labute approximate surface area is 183 Å². The number of aliphatic hydroxyl groups is 1. The van der Waals surface area contributed by atoms with Gasteiger partial charge in [-0.15, -0.1) is 0 Å². The molecule has 2 atom stereocenters. The van der Waals surface area contributed by atoms with Gasteiger partial charge in [0.1, 0.15) is 24.2 Å². The number of hydrogen-bond donors (Lipinski definition) is 2. The van der Waals surface area contributed by atoms with Crippen molar-refractivity contribution in [3.05, 3.63) is 89.8 Å². The van der Waals surface area contributed by atoms with E-state index in [-0.39, 0.29) is 37.2 Å². The second kappa shape index (κ2) is 9.63. The van der Waals surface area contributed by atoms with Crippen LogP contribution in [0.2, 0.25) is 0 Å². The highest BCUT2D eigenvalue weighted by atomic mass is 19.1. The van der Waals surface area contributed by atoms with E-state index in [0.717, 1.165) is 5.56 Å². The van der Waals surface area contributed by atoms with E-state index in [4.69, 9.17) is 4.74 Å². The maximum atomic E-state index is 13.2. The predicted octanol–water partition coefficient (Wildman–Crippen LogP) is 2.33. The standard InChI is InChI=1S/C23H21FN4O4/c24-17-5-1-15(2-6-17)12-28-20(13-32-14-21(28)29)22(30)16-3-7-18(8-4-16)27-23(31)19-11-25-9-10-26-19/h1-11,20,22,30H,12-14H2,(H,27,31)/t20-,22-/m1/s1. The summed E-state index contributed by atoms with van der Waals surface area (Å²) >= 11 is 0. The molecule has 164 valence electrons. The molecule has 2 aromatic carbocycles. The van der Waals surface area contributed by atoms with E-state index in [1.54, 1.807) is 41.3 Å². The summed E-state index contributed by atoms with van der Waals surface area (Å²) in [4.78, 5) is 34.0. The van der Waals surface area contributed by atoms with Gasteiger partial charge in [-0.3, -0.25) is 14.6 Å². The topological polar surface area (TPSA) is 105 Å². The summed E-state index contributed by atoms with van der Waals surface area (Å²) in [5.74, 6) is -1.01. The number of halogens is 1. The number of benzene rings is 2. The van der Waals surface area contributed by atoms with Crippen LogP contribution in [0.15, 0.2) is 67.1 Å². The van der Waals surface area contributed by atoms with Gasteiger partial charge in [-0.25, -0.2) is 9.37 Å². The number of rotatable bonds is 6. The molecule has 1 aliphatic rings. The second-order valence-electron chi connectivity index (χ2n) is 7.34. The molecule has 1 fully saturated rings.